The molecule has 33 heavy (non-hydrogen) atoms. The van der Waals surface area contributed by atoms with Crippen molar-refractivity contribution in [2.75, 3.05) is 13.2 Å². The van der Waals surface area contributed by atoms with Crippen molar-refractivity contribution < 1.29 is 19.1 Å². The van der Waals surface area contributed by atoms with Crippen LogP contribution in [-0.2, 0) is 9.53 Å². The van der Waals surface area contributed by atoms with E-state index in [1.54, 1.807) is 39.0 Å². The quantitative estimate of drug-likeness (QED) is 0.156. The molecule has 2 aromatic heterocycles. The van der Waals surface area contributed by atoms with Gasteiger partial charge in [-0.05, 0) is 66.8 Å². The number of benzene rings is 1. The minimum Gasteiger partial charge on any atom is -0.494 e. The predicted molar refractivity (Wildman–Crippen MR) is 134 cm³/mol. The first-order chi connectivity index (χ1) is 15.9. The molecule has 3 aromatic rings. The van der Waals surface area contributed by atoms with E-state index < -0.39 is 12.0 Å². The predicted octanol–water partition coefficient (Wildman–Crippen LogP) is 5.76. The summed E-state index contributed by atoms with van der Waals surface area (Å²) in [5.41, 5.74) is 1.53. The van der Waals surface area contributed by atoms with Gasteiger partial charge < -0.3 is 14.8 Å². The van der Waals surface area contributed by atoms with Gasteiger partial charge in [-0.3, -0.25) is 9.78 Å². The maximum Gasteiger partial charge on any atom is 0.328 e. The lowest BCUT2D eigenvalue weighted by atomic mass is 10.0. The summed E-state index contributed by atoms with van der Waals surface area (Å²) in [5.74, 6) is -0.0810. The first-order valence-electron chi connectivity index (χ1n) is 10.6. The smallest absolute Gasteiger partial charge is 0.328 e. The molecule has 9 heteroatoms. The van der Waals surface area contributed by atoms with Gasteiger partial charge in [-0.15, -0.1) is 0 Å². The molecule has 0 aliphatic carbocycles. The lowest BCUT2D eigenvalue weighted by Gasteiger charge is -2.20. The van der Waals surface area contributed by atoms with Crippen LogP contribution in [0.5, 0.6) is 5.75 Å². The van der Waals surface area contributed by atoms with Crippen molar-refractivity contribution in [2.24, 2.45) is 5.92 Å². The van der Waals surface area contributed by atoms with Gasteiger partial charge in [0, 0.05) is 17.3 Å². The largest absolute Gasteiger partial charge is 0.494 e. The highest BCUT2D eigenvalue weighted by molar-refractivity contribution is 7.80. The minimum absolute atomic E-state index is 0.100. The van der Waals surface area contributed by atoms with Gasteiger partial charge in [-0.2, -0.15) is 0 Å². The zero-order valence-electron chi connectivity index (χ0n) is 18.5. The summed E-state index contributed by atoms with van der Waals surface area (Å²) >= 11 is 5.18. The van der Waals surface area contributed by atoms with E-state index in [-0.39, 0.29) is 18.4 Å². The summed E-state index contributed by atoms with van der Waals surface area (Å²) in [6.07, 6.45) is 4.47. The Bertz CT molecular complexity index is 1090. The van der Waals surface area contributed by atoms with Crippen LogP contribution in [0.15, 0.2) is 54.9 Å². The molecule has 0 aliphatic heterocycles. The number of aromatic nitrogens is 1. The highest BCUT2D eigenvalue weighted by Crippen LogP contribution is 2.30. The average Bonchev–Trinajstić information content (AvgIpc) is 3.26. The third-order valence-corrected chi connectivity index (χ3v) is 7.69. The van der Waals surface area contributed by atoms with E-state index in [0.717, 1.165) is 26.4 Å². The van der Waals surface area contributed by atoms with Crippen LogP contribution >= 0.6 is 32.9 Å². The van der Waals surface area contributed by atoms with Crippen molar-refractivity contribution in [3.8, 4) is 16.2 Å². The molecule has 3 rings (SSSR count). The van der Waals surface area contributed by atoms with Crippen LogP contribution in [0.25, 0.3) is 10.4 Å². The summed E-state index contributed by atoms with van der Waals surface area (Å²) in [5, 5.41) is 2.74. The maximum absolute atomic E-state index is 12.5. The lowest BCUT2D eigenvalue weighted by molar-refractivity contribution is -0.147. The molecular weight excluding hydrogens is 476 g/mol. The van der Waals surface area contributed by atoms with Crippen LogP contribution in [-0.4, -0.2) is 36.1 Å². The maximum atomic E-state index is 12.5. The number of nitrogens with zero attached hydrogens (tertiary/aromatic N) is 1. The molecule has 1 atom stereocenters. The van der Waals surface area contributed by atoms with E-state index in [1.807, 2.05) is 44.2 Å². The van der Waals surface area contributed by atoms with Crippen LogP contribution in [0.1, 0.15) is 37.0 Å². The molecule has 0 unspecified atom stereocenters. The van der Waals surface area contributed by atoms with Crippen molar-refractivity contribution in [1.82, 2.24) is 10.3 Å². The van der Waals surface area contributed by atoms with Crippen molar-refractivity contribution in [2.45, 2.75) is 32.7 Å². The monoisotopic (exact) mass is 502 g/mol. The number of amides is 1. The number of hydrogen-bond acceptors (Lipinski definition) is 8. The second-order valence-corrected chi connectivity index (χ2v) is 10.6. The van der Waals surface area contributed by atoms with Crippen molar-refractivity contribution in [1.29, 1.82) is 0 Å². The van der Waals surface area contributed by atoms with Gasteiger partial charge in [0.1, 0.15) is 15.6 Å². The zero-order valence-corrected chi connectivity index (χ0v) is 20.9. The van der Waals surface area contributed by atoms with E-state index >= 15 is 0 Å². The second kappa shape index (κ2) is 12.6. The molecule has 6 nitrogen and oxygen atoms in total. The molecule has 2 heterocycles. The Hall–Kier alpha value is -2.62. The third-order valence-electron chi connectivity index (χ3n) is 4.78. The molecule has 0 fully saturated rings. The molecule has 1 amide bonds. The van der Waals surface area contributed by atoms with Crippen molar-refractivity contribution >= 4 is 44.8 Å². The number of esters is 1. The fraction of sp³-hybridized carbons (Fsp3) is 0.333. The van der Waals surface area contributed by atoms with Crippen LogP contribution in [0.2, 0.25) is 0 Å². The SMILES string of the molecule is CC(C)[C@H](NC(=O)c1cccnc1)C(=O)OCCCCOc1ccc(-c2cc(=S)ss2)cc1. The first kappa shape index (κ1) is 25.0. The van der Waals surface area contributed by atoms with Gasteiger partial charge in [-0.1, -0.05) is 46.7 Å². The Kier molecular flexibility index (Phi) is 9.53. The number of hydrogen-bond donors (Lipinski definition) is 1. The molecule has 0 saturated carbocycles. The molecule has 0 saturated heterocycles. The van der Waals surface area contributed by atoms with Gasteiger partial charge in [-0.25, -0.2) is 4.79 Å². The molecule has 0 spiro atoms. The third kappa shape index (κ3) is 7.73. The Labute approximate surface area is 206 Å². The molecule has 0 bridgehead atoms. The summed E-state index contributed by atoms with van der Waals surface area (Å²) in [4.78, 5) is 29.9. The molecule has 1 N–H and O–H groups in total. The number of unbranched alkanes of at least 4 members (excludes halogenated alkanes) is 1. The zero-order chi connectivity index (χ0) is 23.6. The van der Waals surface area contributed by atoms with Crippen LogP contribution < -0.4 is 10.1 Å². The van der Waals surface area contributed by atoms with Crippen LogP contribution in [0, 0.1) is 9.74 Å². The Balaban J connectivity index is 1.36. The normalized spacial score (nSPS) is 11.7. The number of ether oxygens (including phenoxy) is 2. The molecular formula is C24H26N2O4S3. The van der Waals surface area contributed by atoms with Gasteiger partial charge in [0.15, 0.2) is 0 Å². The van der Waals surface area contributed by atoms with E-state index in [1.165, 1.54) is 6.20 Å². The Morgan fingerprint density at radius 2 is 1.85 bits per heavy atom. The Morgan fingerprint density at radius 1 is 1.09 bits per heavy atom. The van der Waals surface area contributed by atoms with E-state index in [2.05, 4.69) is 10.3 Å². The highest BCUT2D eigenvalue weighted by atomic mass is 32.9. The Morgan fingerprint density at radius 3 is 2.48 bits per heavy atom. The van der Waals surface area contributed by atoms with Crippen LogP contribution in [0.4, 0.5) is 0 Å². The number of nitrogens with one attached hydrogen (secondary N) is 1. The standard InChI is InChI=1S/C24H26N2O4S3/c1-16(2)22(26-23(27)18-6-5-11-25-15-18)24(28)30-13-4-3-12-29-19-9-7-17(8-10-19)20-14-21(31)33-32-20/h5-11,14-16,22H,3-4,12-13H2,1-2H3,(H,26,27)/t22-/m0/s1. The summed E-state index contributed by atoms with van der Waals surface area (Å²) in [6.45, 7) is 4.53. The fourth-order valence-corrected chi connectivity index (χ4v) is 5.37. The number of carbonyl (C=O) groups excluding carboxylic acids is 2. The highest BCUT2D eigenvalue weighted by Gasteiger charge is 2.26. The molecule has 0 radical (unpaired) electrons. The van der Waals surface area contributed by atoms with Crippen molar-refractivity contribution in [3.63, 3.8) is 0 Å². The summed E-state index contributed by atoms with van der Waals surface area (Å²) in [6, 6.07) is 12.6. The van der Waals surface area contributed by atoms with Gasteiger partial charge >= 0.3 is 5.97 Å². The topological polar surface area (TPSA) is 77.5 Å². The van der Waals surface area contributed by atoms with Crippen molar-refractivity contribution in [3.05, 3.63) is 64.2 Å². The number of rotatable bonds is 11. The van der Waals surface area contributed by atoms with E-state index in [4.69, 9.17) is 21.7 Å². The number of pyridine rings is 1. The van der Waals surface area contributed by atoms with E-state index in [0.29, 0.717) is 18.6 Å². The average molecular weight is 503 g/mol. The van der Waals surface area contributed by atoms with Gasteiger partial charge in [0.25, 0.3) is 5.91 Å². The van der Waals surface area contributed by atoms with Gasteiger partial charge in [0.2, 0.25) is 0 Å². The minimum atomic E-state index is -0.714. The molecule has 174 valence electrons. The molecule has 1 aromatic carbocycles. The fourth-order valence-electron chi connectivity index (χ4n) is 2.96. The second-order valence-electron chi connectivity index (χ2n) is 7.68. The summed E-state index contributed by atoms with van der Waals surface area (Å²) in [7, 11) is 3.27. The first-order valence-corrected chi connectivity index (χ1v) is 13.2. The molecule has 0 aliphatic rings. The van der Waals surface area contributed by atoms with Gasteiger partial charge in [0.05, 0.1) is 18.8 Å². The number of carbonyl (C=O) groups is 2. The lowest BCUT2D eigenvalue weighted by Crippen LogP contribution is -2.45. The van der Waals surface area contributed by atoms with Crippen LogP contribution in [0.3, 0.4) is 0 Å². The summed E-state index contributed by atoms with van der Waals surface area (Å²) < 4.78 is 12.1. The van der Waals surface area contributed by atoms with E-state index in [9.17, 15) is 9.59 Å².